The highest BCUT2D eigenvalue weighted by Crippen LogP contribution is 2.37. The van der Waals surface area contributed by atoms with Gasteiger partial charge in [-0.05, 0) is 38.5 Å². The highest BCUT2D eigenvalue weighted by atomic mass is 32.2. The van der Waals surface area contributed by atoms with Crippen molar-refractivity contribution in [3.63, 3.8) is 0 Å². The Balaban J connectivity index is 1.78. The number of fused-ring (bicyclic) bond motifs is 1. The van der Waals surface area contributed by atoms with Gasteiger partial charge in [0.2, 0.25) is 0 Å². The van der Waals surface area contributed by atoms with Gasteiger partial charge in [0.15, 0.2) is 5.03 Å². The predicted octanol–water partition coefficient (Wildman–Crippen LogP) is 1.56. The Morgan fingerprint density at radius 1 is 1.17 bits per heavy atom. The summed E-state index contributed by atoms with van der Waals surface area (Å²) in [5, 5.41) is 4.87. The second-order valence-corrected chi connectivity index (χ2v) is 8.54. The molecule has 2 aliphatic rings. The van der Waals surface area contributed by atoms with Crippen LogP contribution in [0.1, 0.15) is 48.8 Å². The molecule has 3 heterocycles. The van der Waals surface area contributed by atoms with Crippen LogP contribution in [0.4, 0.5) is 0 Å². The van der Waals surface area contributed by atoms with Crippen LogP contribution in [-0.2, 0) is 37.0 Å². The standard InChI is InChI=1S/C16H23N5O2S/c1-19-11-9-17-15(19)14-8-5-10-21(14)24(22,23)16-12-6-3-4-7-13(12)18-20(16)2/h9,11,14H,3-8,10H2,1-2H3. The third kappa shape index (κ3) is 2.31. The zero-order valence-electron chi connectivity index (χ0n) is 14.1. The van der Waals surface area contributed by atoms with Gasteiger partial charge in [-0.2, -0.15) is 9.40 Å². The third-order valence-corrected chi connectivity index (χ3v) is 7.23. The van der Waals surface area contributed by atoms with E-state index in [0.29, 0.717) is 11.6 Å². The maximum atomic E-state index is 13.4. The number of aromatic nitrogens is 4. The molecule has 0 spiro atoms. The summed E-state index contributed by atoms with van der Waals surface area (Å²) in [6, 6.07) is -0.191. The van der Waals surface area contributed by atoms with E-state index in [0.717, 1.165) is 55.6 Å². The molecule has 8 heteroatoms. The third-order valence-electron chi connectivity index (χ3n) is 5.17. The molecule has 1 atom stereocenters. The van der Waals surface area contributed by atoms with Crippen LogP contribution in [-0.4, -0.2) is 38.6 Å². The van der Waals surface area contributed by atoms with Crippen LogP contribution in [0.15, 0.2) is 17.4 Å². The van der Waals surface area contributed by atoms with Gasteiger partial charge in [-0.15, -0.1) is 0 Å². The Morgan fingerprint density at radius 3 is 2.71 bits per heavy atom. The van der Waals surface area contributed by atoms with Crippen LogP contribution in [0, 0.1) is 0 Å². The molecular formula is C16H23N5O2S. The van der Waals surface area contributed by atoms with Crippen LogP contribution in [0.25, 0.3) is 0 Å². The first-order chi connectivity index (χ1) is 11.5. The average molecular weight is 349 g/mol. The monoisotopic (exact) mass is 349 g/mol. The Morgan fingerprint density at radius 2 is 1.96 bits per heavy atom. The Kier molecular flexibility index (Phi) is 3.76. The fourth-order valence-corrected chi connectivity index (χ4v) is 6.10. The van der Waals surface area contributed by atoms with Gasteiger partial charge in [0, 0.05) is 38.6 Å². The van der Waals surface area contributed by atoms with Gasteiger partial charge < -0.3 is 4.57 Å². The lowest BCUT2D eigenvalue weighted by molar-refractivity contribution is 0.372. The zero-order valence-corrected chi connectivity index (χ0v) is 15.0. The van der Waals surface area contributed by atoms with Crippen molar-refractivity contribution in [1.29, 1.82) is 0 Å². The summed E-state index contributed by atoms with van der Waals surface area (Å²) in [7, 11) is 0.0821. The summed E-state index contributed by atoms with van der Waals surface area (Å²) in [6.07, 6.45) is 9.06. The normalized spacial score (nSPS) is 22.0. The molecule has 130 valence electrons. The molecule has 24 heavy (non-hydrogen) atoms. The van der Waals surface area contributed by atoms with Crippen LogP contribution in [0.2, 0.25) is 0 Å². The first-order valence-corrected chi connectivity index (χ1v) is 9.98. The molecule has 0 saturated carbocycles. The SMILES string of the molecule is Cn1ccnc1C1CCCN1S(=O)(=O)c1c2c(nn1C)CCCC2. The minimum absolute atomic E-state index is 0.191. The second-order valence-electron chi connectivity index (χ2n) is 6.73. The Hall–Kier alpha value is -1.67. The number of rotatable bonds is 3. The van der Waals surface area contributed by atoms with E-state index in [1.54, 1.807) is 22.2 Å². The summed E-state index contributed by atoms with van der Waals surface area (Å²) in [5.74, 6) is 0.812. The molecule has 4 rings (SSSR count). The van der Waals surface area contributed by atoms with Gasteiger partial charge in [0.1, 0.15) is 5.82 Å². The van der Waals surface area contributed by atoms with Crippen LogP contribution in [0.5, 0.6) is 0 Å². The molecule has 0 bridgehead atoms. The molecule has 0 aromatic carbocycles. The maximum Gasteiger partial charge on any atom is 0.261 e. The summed E-state index contributed by atoms with van der Waals surface area (Å²) in [4.78, 5) is 4.39. The van der Waals surface area contributed by atoms with Gasteiger partial charge in [-0.1, -0.05) is 0 Å². The number of sulfonamides is 1. The van der Waals surface area contributed by atoms with Gasteiger partial charge in [0.05, 0.1) is 11.7 Å². The highest BCUT2D eigenvalue weighted by Gasteiger charge is 2.41. The maximum absolute atomic E-state index is 13.4. The van der Waals surface area contributed by atoms with Crippen molar-refractivity contribution >= 4 is 10.0 Å². The molecule has 1 aliphatic carbocycles. The lowest BCUT2D eigenvalue weighted by Gasteiger charge is -2.24. The molecule has 7 nitrogen and oxygen atoms in total. The van der Waals surface area contributed by atoms with Crippen molar-refractivity contribution < 1.29 is 8.42 Å². The van der Waals surface area contributed by atoms with E-state index in [1.165, 1.54) is 0 Å². The summed E-state index contributed by atoms with van der Waals surface area (Å²) < 4.78 is 32.0. The smallest absolute Gasteiger partial charge is 0.261 e. The average Bonchev–Trinajstić information content (AvgIpc) is 3.23. The summed E-state index contributed by atoms with van der Waals surface area (Å²) in [5.41, 5.74) is 1.88. The Bertz CT molecular complexity index is 867. The molecule has 1 unspecified atom stereocenters. The van der Waals surface area contributed by atoms with Crippen LogP contribution in [0.3, 0.4) is 0 Å². The number of nitrogens with zero attached hydrogens (tertiary/aromatic N) is 5. The van der Waals surface area contributed by atoms with Crippen molar-refractivity contribution in [2.75, 3.05) is 6.54 Å². The molecule has 0 N–H and O–H groups in total. The number of imidazole rings is 1. The molecule has 2 aromatic rings. The molecule has 0 amide bonds. The quantitative estimate of drug-likeness (QED) is 0.843. The molecule has 1 aliphatic heterocycles. The fourth-order valence-electron chi connectivity index (χ4n) is 4.07. The summed E-state index contributed by atoms with van der Waals surface area (Å²) >= 11 is 0. The zero-order chi connectivity index (χ0) is 16.9. The predicted molar refractivity (Wildman–Crippen MR) is 88.9 cm³/mol. The first kappa shape index (κ1) is 15.8. The highest BCUT2D eigenvalue weighted by molar-refractivity contribution is 7.89. The van der Waals surface area contributed by atoms with E-state index in [2.05, 4.69) is 10.1 Å². The number of hydrogen-bond acceptors (Lipinski definition) is 4. The lowest BCUT2D eigenvalue weighted by Crippen LogP contribution is -2.33. The molecule has 1 saturated heterocycles. The molecule has 2 aromatic heterocycles. The molecular weight excluding hydrogens is 326 g/mol. The van der Waals surface area contributed by atoms with E-state index in [-0.39, 0.29) is 6.04 Å². The van der Waals surface area contributed by atoms with Crippen molar-refractivity contribution in [2.24, 2.45) is 14.1 Å². The molecule has 0 radical (unpaired) electrons. The topological polar surface area (TPSA) is 73.0 Å². The number of aryl methyl sites for hydroxylation is 3. The molecule has 1 fully saturated rings. The van der Waals surface area contributed by atoms with Gasteiger partial charge in [-0.25, -0.2) is 13.4 Å². The van der Waals surface area contributed by atoms with Crippen LogP contribution >= 0.6 is 0 Å². The van der Waals surface area contributed by atoms with E-state index < -0.39 is 10.0 Å². The van der Waals surface area contributed by atoms with E-state index in [1.807, 2.05) is 17.8 Å². The van der Waals surface area contributed by atoms with Crippen molar-refractivity contribution in [2.45, 2.75) is 49.6 Å². The van der Waals surface area contributed by atoms with E-state index in [9.17, 15) is 8.42 Å². The van der Waals surface area contributed by atoms with Crippen molar-refractivity contribution in [3.05, 3.63) is 29.5 Å². The summed E-state index contributed by atoms with van der Waals surface area (Å²) in [6.45, 7) is 0.541. The van der Waals surface area contributed by atoms with E-state index in [4.69, 9.17) is 0 Å². The van der Waals surface area contributed by atoms with Crippen molar-refractivity contribution in [3.8, 4) is 0 Å². The minimum Gasteiger partial charge on any atom is -0.337 e. The van der Waals surface area contributed by atoms with Crippen LogP contribution < -0.4 is 0 Å². The van der Waals surface area contributed by atoms with Gasteiger partial charge >= 0.3 is 0 Å². The number of hydrogen-bond donors (Lipinski definition) is 0. The second kappa shape index (κ2) is 5.70. The Labute approximate surface area is 142 Å². The largest absolute Gasteiger partial charge is 0.337 e. The first-order valence-electron chi connectivity index (χ1n) is 8.54. The fraction of sp³-hybridized carbons (Fsp3) is 0.625. The van der Waals surface area contributed by atoms with E-state index >= 15 is 0 Å². The van der Waals surface area contributed by atoms with Gasteiger partial charge in [0.25, 0.3) is 10.0 Å². The lowest BCUT2D eigenvalue weighted by atomic mass is 9.99. The van der Waals surface area contributed by atoms with Gasteiger partial charge in [-0.3, -0.25) is 4.68 Å². The minimum atomic E-state index is -3.58. The van der Waals surface area contributed by atoms with Crippen molar-refractivity contribution in [1.82, 2.24) is 23.6 Å².